The largest absolute Gasteiger partial charge is 0.456 e. The van der Waals surface area contributed by atoms with Crippen LogP contribution in [-0.4, -0.2) is 15.0 Å². The summed E-state index contributed by atoms with van der Waals surface area (Å²) in [6.07, 6.45) is 0. The fourth-order valence-corrected chi connectivity index (χ4v) is 8.27. The SMILES string of the molecule is c1ccc(-c2ccc(-c3nc(-c4ccc5c(c4)oc4cccc(-c6cccc(-c7ccccc7)c6)c45)nc(-c4cccc5c(-c6ccccc6)cccc45)n3)cc2)cc1. The van der Waals surface area contributed by atoms with Gasteiger partial charge in [0.05, 0.1) is 0 Å². The third kappa shape index (κ3) is 6.34. The number of fused-ring (bicyclic) bond motifs is 4. The summed E-state index contributed by atoms with van der Waals surface area (Å²) in [6, 6.07) is 74.0. The Bertz CT molecular complexity index is 3300. The monoisotopic (exact) mass is 753 g/mol. The molecule has 2 heterocycles. The zero-order valence-corrected chi connectivity index (χ0v) is 32.0. The first kappa shape index (κ1) is 34.3. The van der Waals surface area contributed by atoms with Gasteiger partial charge in [0.25, 0.3) is 0 Å². The summed E-state index contributed by atoms with van der Waals surface area (Å²) in [5.74, 6) is 1.79. The van der Waals surface area contributed by atoms with E-state index in [1.807, 2.05) is 24.3 Å². The van der Waals surface area contributed by atoms with Gasteiger partial charge >= 0.3 is 0 Å². The van der Waals surface area contributed by atoms with Crippen LogP contribution < -0.4 is 0 Å². The molecule has 2 aromatic heterocycles. The van der Waals surface area contributed by atoms with Crippen molar-refractivity contribution < 1.29 is 4.42 Å². The maximum Gasteiger partial charge on any atom is 0.164 e. The van der Waals surface area contributed by atoms with Crippen LogP contribution >= 0.6 is 0 Å². The number of furan rings is 1. The van der Waals surface area contributed by atoms with Gasteiger partial charge in [0, 0.05) is 27.5 Å². The van der Waals surface area contributed by atoms with E-state index in [4.69, 9.17) is 19.4 Å². The van der Waals surface area contributed by atoms with Crippen LogP contribution in [-0.2, 0) is 0 Å². The van der Waals surface area contributed by atoms with Gasteiger partial charge in [-0.15, -0.1) is 0 Å². The first-order chi connectivity index (χ1) is 29.2. The summed E-state index contributed by atoms with van der Waals surface area (Å²) in [7, 11) is 0. The number of nitrogens with zero attached hydrogens (tertiary/aromatic N) is 3. The molecular weight excluding hydrogens is 719 g/mol. The lowest BCUT2D eigenvalue weighted by molar-refractivity contribution is 0.669. The lowest BCUT2D eigenvalue weighted by atomic mass is 9.95. The standard InChI is InChI=1S/C55H35N3O/c1-4-14-36(15-5-1)38-28-30-40(31-29-38)53-56-54(58-55(57-53)48-26-12-24-46-44(22-11-25-47(46)48)39-18-8-3-9-19-39)43-32-33-49-51(35-43)59-50-27-13-23-45(52(49)50)42-21-10-20-41(34-42)37-16-6-2-7-17-37/h1-35H. The quantitative estimate of drug-likeness (QED) is 0.163. The molecule has 0 spiro atoms. The molecule has 0 saturated heterocycles. The van der Waals surface area contributed by atoms with Crippen molar-refractivity contribution in [1.29, 1.82) is 0 Å². The summed E-state index contributed by atoms with van der Waals surface area (Å²) in [4.78, 5) is 15.5. The molecule has 0 radical (unpaired) electrons. The number of hydrogen-bond acceptors (Lipinski definition) is 4. The number of hydrogen-bond donors (Lipinski definition) is 0. The second-order valence-electron chi connectivity index (χ2n) is 14.8. The smallest absolute Gasteiger partial charge is 0.164 e. The average Bonchev–Trinajstić information content (AvgIpc) is 3.70. The number of rotatable bonds is 7. The number of aromatic nitrogens is 3. The summed E-state index contributed by atoms with van der Waals surface area (Å²) in [5.41, 5.74) is 13.6. The molecule has 9 aromatic carbocycles. The second-order valence-corrected chi connectivity index (χ2v) is 14.8. The molecule has 0 aliphatic heterocycles. The van der Waals surface area contributed by atoms with Crippen molar-refractivity contribution in [2.75, 3.05) is 0 Å². The fraction of sp³-hybridized carbons (Fsp3) is 0. The lowest BCUT2D eigenvalue weighted by Gasteiger charge is -2.13. The molecule has 276 valence electrons. The van der Waals surface area contributed by atoms with Crippen LogP contribution in [0.25, 0.3) is 111 Å². The third-order valence-electron chi connectivity index (χ3n) is 11.2. The van der Waals surface area contributed by atoms with Crippen molar-refractivity contribution >= 4 is 32.7 Å². The van der Waals surface area contributed by atoms with E-state index in [0.717, 1.165) is 82.8 Å². The Morgan fingerprint density at radius 2 is 0.746 bits per heavy atom. The van der Waals surface area contributed by atoms with Crippen LogP contribution in [0.1, 0.15) is 0 Å². The minimum atomic E-state index is 0.575. The highest BCUT2D eigenvalue weighted by molar-refractivity contribution is 6.13. The van der Waals surface area contributed by atoms with E-state index in [-0.39, 0.29) is 0 Å². The zero-order valence-electron chi connectivity index (χ0n) is 32.0. The molecule has 11 aromatic rings. The molecule has 4 nitrogen and oxygen atoms in total. The van der Waals surface area contributed by atoms with Gasteiger partial charge in [0.2, 0.25) is 0 Å². The van der Waals surface area contributed by atoms with Crippen molar-refractivity contribution in [2.24, 2.45) is 0 Å². The van der Waals surface area contributed by atoms with Crippen LogP contribution in [0.15, 0.2) is 217 Å². The predicted molar refractivity (Wildman–Crippen MR) is 243 cm³/mol. The Labute approximate surface area is 341 Å². The van der Waals surface area contributed by atoms with Crippen molar-refractivity contribution in [3.05, 3.63) is 212 Å². The fourth-order valence-electron chi connectivity index (χ4n) is 8.27. The van der Waals surface area contributed by atoms with Gasteiger partial charge in [-0.05, 0) is 79.5 Å². The predicted octanol–water partition coefficient (Wildman–Crippen LogP) is 14.6. The zero-order chi connectivity index (χ0) is 39.1. The summed E-state index contributed by atoms with van der Waals surface area (Å²) < 4.78 is 6.62. The highest BCUT2D eigenvalue weighted by atomic mass is 16.3. The molecule has 11 rings (SSSR count). The normalized spacial score (nSPS) is 11.4. The molecule has 0 aliphatic carbocycles. The van der Waals surface area contributed by atoms with Gasteiger partial charge < -0.3 is 4.42 Å². The molecule has 0 unspecified atom stereocenters. The van der Waals surface area contributed by atoms with E-state index in [2.05, 4.69) is 188 Å². The first-order valence-electron chi connectivity index (χ1n) is 19.8. The lowest BCUT2D eigenvalue weighted by Crippen LogP contribution is -2.00. The highest BCUT2D eigenvalue weighted by Gasteiger charge is 2.18. The molecule has 0 saturated carbocycles. The minimum absolute atomic E-state index is 0.575. The number of benzene rings is 9. The second kappa shape index (κ2) is 14.5. The van der Waals surface area contributed by atoms with Gasteiger partial charge in [-0.25, -0.2) is 15.0 Å². The highest BCUT2D eigenvalue weighted by Crippen LogP contribution is 2.40. The van der Waals surface area contributed by atoms with E-state index in [1.165, 1.54) is 11.1 Å². The minimum Gasteiger partial charge on any atom is -0.456 e. The van der Waals surface area contributed by atoms with Gasteiger partial charge in [0.1, 0.15) is 11.2 Å². The van der Waals surface area contributed by atoms with Crippen LogP contribution in [0, 0.1) is 0 Å². The van der Waals surface area contributed by atoms with E-state index in [1.54, 1.807) is 0 Å². The molecule has 0 amide bonds. The van der Waals surface area contributed by atoms with E-state index in [9.17, 15) is 0 Å². The van der Waals surface area contributed by atoms with Crippen molar-refractivity contribution in [1.82, 2.24) is 15.0 Å². The van der Waals surface area contributed by atoms with Gasteiger partial charge in [0.15, 0.2) is 17.5 Å². The molecule has 4 heteroatoms. The van der Waals surface area contributed by atoms with Crippen molar-refractivity contribution in [2.45, 2.75) is 0 Å². The molecular formula is C55H35N3O. The Kier molecular flexibility index (Phi) is 8.45. The Balaban J connectivity index is 1.06. The Morgan fingerprint density at radius 1 is 0.254 bits per heavy atom. The Morgan fingerprint density at radius 3 is 1.47 bits per heavy atom. The van der Waals surface area contributed by atoms with Crippen molar-refractivity contribution in [3.63, 3.8) is 0 Å². The van der Waals surface area contributed by atoms with E-state index >= 15 is 0 Å². The van der Waals surface area contributed by atoms with Gasteiger partial charge in [-0.3, -0.25) is 0 Å². The van der Waals surface area contributed by atoms with Crippen LogP contribution in [0.3, 0.4) is 0 Å². The maximum atomic E-state index is 6.62. The van der Waals surface area contributed by atoms with Crippen LogP contribution in [0.2, 0.25) is 0 Å². The van der Waals surface area contributed by atoms with Crippen molar-refractivity contribution in [3.8, 4) is 78.7 Å². The molecule has 0 atom stereocenters. The Hall–Kier alpha value is -7.95. The van der Waals surface area contributed by atoms with E-state index in [0.29, 0.717) is 17.5 Å². The topological polar surface area (TPSA) is 51.8 Å². The van der Waals surface area contributed by atoms with Crippen LogP contribution in [0.4, 0.5) is 0 Å². The first-order valence-corrected chi connectivity index (χ1v) is 19.8. The molecule has 0 bridgehead atoms. The molecule has 0 fully saturated rings. The van der Waals surface area contributed by atoms with E-state index < -0.39 is 0 Å². The maximum absolute atomic E-state index is 6.62. The molecule has 0 N–H and O–H groups in total. The van der Waals surface area contributed by atoms with Crippen LogP contribution in [0.5, 0.6) is 0 Å². The summed E-state index contributed by atoms with van der Waals surface area (Å²) in [5, 5.41) is 4.34. The summed E-state index contributed by atoms with van der Waals surface area (Å²) >= 11 is 0. The van der Waals surface area contributed by atoms with Gasteiger partial charge in [-0.1, -0.05) is 188 Å². The average molecular weight is 754 g/mol. The molecule has 59 heavy (non-hydrogen) atoms. The summed E-state index contributed by atoms with van der Waals surface area (Å²) in [6.45, 7) is 0. The third-order valence-corrected chi connectivity index (χ3v) is 11.2. The molecule has 0 aliphatic rings. The van der Waals surface area contributed by atoms with Gasteiger partial charge in [-0.2, -0.15) is 0 Å².